The van der Waals surface area contributed by atoms with Crippen molar-refractivity contribution in [2.75, 3.05) is 62.6 Å². The molecule has 9 heteroatoms. The number of piperazine rings is 1. The van der Waals surface area contributed by atoms with Gasteiger partial charge in [0.1, 0.15) is 0 Å². The average molecular weight is 477 g/mol. The molecule has 4 rings (SSSR count). The highest BCUT2D eigenvalue weighted by molar-refractivity contribution is 7.91. The summed E-state index contributed by atoms with van der Waals surface area (Å²) in [6, 6.07) is 8.00. The van der Waals surface area contributed by atoms with Gasteiger partial charge in [0.05, 0.1) is 18.1 Å². The van der Waals surface area contributed by atoms with E-state index in [-0.39, 0.29) is 29.5 Å². The molecule has 1 N–H and O–H groups in total. The van der Waals surface area contributed by atoms with E-state index in [1.165, 1.54) is 0 Å². The van der Waals surface area contributed by atoms with Gasteiger partial charge in [0.2, 0.25) is 11.8 Å². The molecule has 3 fully saturated rings. The third-order valence-corrected chi connectivity index (χ3v) is 9.08. The number of sulfone groups is 1. The molecule has 0 spiro atoms. The van der Waals surface area contributed by atoms with Gasteiger partial charge in [-0.15, -0.1) is 0 Å². The molecule has 3 heterocycles. The number of rotatable bonds is 6. The first kappa shape index (κ1) is 24.2. The van der Waals surface area contributed by atoms with Gasteiger partial charge in [-0.1, -0.05) is 25.1 Å². The average Bonchev–Trinajstić information content (AvgIpc) is 3.19. The molecular weight excluding hydrogens is 440 g/mol. The fraction of sp³-hybridized carbons (Fsp3) is 0.667. The standard InChI is InChI=1S/C24H36N4O4S/c1-2-19-5-3-4-6-22(19)25-23(29)17-26-12-14-28(15-13-26)24(30)20-7-10-27(11-8-20)21-9-16-33(31,32)18-21/h3-6,20-21H,2,7-18H2,1H3,(H,25,29)/t21-/m0/s1. The molecule has 0 unspecified atom stereocenters. The summed E-state index contributed by atoms with van der Waals surface area (Å²) in [5.41, 5.74) is 2.00. The molecule has 1 aromatic carbocycles. The third kappa shape index (κ3) is 6.13. The van der Waals surface area contributed by atoms with Crippen molar-refractivity contribution in [3.8, 4) is 0 Å². The van der Waals surface area contributed by atoms with Gasteiger partial charge in [-0.2, -0.15) is 0 Å². The van der Waals surface area contributed by atoms with Crippen LogP contribution in [0.5, 0.6) is 0 Å². The number of hydrogen-bond donors (Lipinski definition) is 1. The Balaban J connectivity index is 1.19. The van der Waals surface area contributed by atoms with Gasteiger partial charge < -0.3 is 10.2 Å². The molecule has 0 bridgehead atoms. The molecular formula is C24H36N4O4S. The molecule has 1 aromatic rings. The van der Waals surface area contributed by atoms with E-state index in [1.807, 2.05) is 29.2 Å². The molecule has 8 nitrogen and oxygen atoms in total. The lowest BCUT2D eigenvalue weighted by molar-refractivity contribution is -0.139. The van der Waals surface area contributed by atoms with Gasteiger partial charge in [0, 0.05) is 43.8 Å². The summed E-state index contributed by atoms with van der Waals surface area (Å²) < 4.78 is 23.5. The van der Waals surface area contributed by atoms with E-state index in [2.05, 4.69) is 22.0 Å². The maximum Gasteiger partial charge on any atom is 0.238 e. The molecule has 182 valence electrons. The Bertz CT molecular complexity index is 951. The van der Waals surface area contributed by atoms with E-state index in [1.54, 1.807) is 0 Å². The van der Waals surface area contributed by atoms with Crippen LogP contribution in [0.4, 0.5) is 5.69 Å². The van der Waals surface area contributed by atoms with Crippen LogP contribution in [0, 0.1) is 5.92 Å². The monoisotopic (exact) mass is 476 g/mol. The minimum Gasteiger partial charge on any atom is -0.340 e. The quantitative estimate of drug-likeness (QED) is 0.664. The fourth-order valence-corrected chi connectivity index (χ4v) is 7.06. The Kier molecular flexibility index (Phi) is 7.71. The minimum atomic E-state index is -2.88. The molecule has 2 amide bonds. The number of benzene rings is 1. The van der Waals surface area contributed by atoms with Gasteiger partial charge in [-0.3, -0.25) is 19.4 Å². The Hall–Kier alpha value is -1.97. The first-order valence-electron chi connectivity index (χ1n) is 12.2. The largest absolute Gasteiger partial charge is 0.340 e. The second kappa shape index (κ2) is 10.5. The van der Waals surface area contributed by atoms with Crippen LogP contribution in [0.25, 0.3) is 0 Å². The summed E-state index contributed by atoms with van der Waals surface area (Å²) in [7, 11) is -2.88. The van der Waals surface area contributed by atoms with Crippen LogP contribution in [0.2, 0.25) is 0 Å². The van der Waals surface area contributed by atoms with E-state index >= 15 is 0 Å². The van der Waals surface area contributed by atoms with Gasteiger partial charge >= 0.3 is 0 Å². The van der Waals surface area contributed by atoms with Crippen LogP contribution < -0.4 is 5.32 Å². The van der Waals surface area contributed by atoms with Gasteiger partial charge in [0.25, 0.3) is 0 Å². The van der Waals surface area contributed by atoms with E-state index in [0.29, 0.717) is 38.5 Å². The van der Waals surface area contributed by atoms with Crippen molar-refractivity contribution >= 4 is 27.3 Å². The number of amides is 2. The summed E-state index contributed by atoms with van der Waals surface area (Å²) in [6.45, 7) is 6.72. The highest BCUT2D eigenvalue weighted by Gasteiger charge is 2.36. The first-order valence-corrected chi connectivity index (χ1v) is 14.0. The van der Waals surface area contributed by atoms with E-state index < -0.39 is 9.84 Å². The number of hydrogen-bond acceptors (Lipinski definition) is 6. The van der Waals surface area contributed by atoms with Crippen LogP contribution in [0.15, 0.2) is 24.3 Å². The molecule has 3 saturated heterocycles. The Morgan fingerprint density at radius 2 is 1.70 bits per heavy atom. The van der Waals surface area contributed by atoms with E-state index in [9.17, 15) is 18.0 Å². The zero-order valence-electron chi connectivity index (χ0n) is 19.5. The number of piperidine rings is 1. The number of aryl methyl sites for hydroxylation is 1. The summed E-state index contributed by atoms with van der Waals surface area (Å²) in [5, 5.41) is 3.02. The summed E-state index contributed by atoms with van der Waals surface area (Å²) in [6.07, 6.45) is 3.19. The highest BCUT2D eigenvalue weighted by Crippen LogP contribution is 2.26. The lowest BCUT2D eigenvalue weighted by Gasteiger charge is -2.39. The Labute approximate surface area is 197 Å². The summed E-state index contributed by atoms with van der Waals surface area (Å²) in [4.78, 5) is 31.9. The third-order valence-electron chi connectivity index (χ3n) is 7.33. The number of nitrogens with one attached hydrogen (secondary N) is 1. The van der Waals surface area contributed by atoms with Crippen LogP contribution in [0.3, 0.4) is 0 Å². The fourth-order valence-electron chi connectivity index (χ4n) is 5.30. The normalized spacial score (nSPS) is 24.6. The van der Waals surface area contributed by atoms with Crippen molar-refractivity contribution in [2.24, 2.45) is 5.92 Å². The van der Waals surface area contributed by atoms with Crippen molar-refractivity contribution in [3.05, 3.63) is 29.8 Å². The molecule has 0 saturated carbocycles. The predicted octanol–water partition coefficient (Wildman–Crippen LogP) is 1.23. The van der Waals surface area contributed by atoms with E-state index in [4.69, 9.17) is 0 Å². The van der Waals surface area contributed by atoms with Crippen molar-refractivity contribution in [2.45, 2.75) is 38.6 Å². The number of likely N-dealkylation sites (tertiary alicyclic amines) is 1. The van der Waals surface area contributed by atoms with Crippen LogP contribution in [-0.2, 0) is 25.8 Å². The molecule has 3 aliphatic rings. The number of para-hydroxylation sites is 1. The second-order valence-corrected chi connectivity index (χ2v) is 11.8. The number of carbonyl (C=O) groups excluding carboxylic acids is 2. The zero-order valence-corrected chi connectivity index (χ0v) is 20.4. The van der Waals surface area contributed by atoms with Crippen molar-refractivity contribution in [1.82, 2.24) is 14.7 Å². The minimum absolute atomic E-state index is 0.0167. The number of carbonyl (C=O) groups is 2. The first-order chi connectivity index (χ1) is 15.8. The second-order valence-electron chi connectivity index (χ2n) is 9.53. The van der Waals surface area contributed by atoms with Gasteiger partial charge in [0.15, 0.2) is 9.84 Å². The molecule has 0 aliphatic carbocycles. The molecule has 0 radical (unpaired) electrons. The maximum absolute atomic E-state index is 13.0. The summed E-state index contributed by atoms with van der Waals surface area (Å²) >= 11 is 0. The molecule has 3 aliphatic heterocycles. The van der Waals surface area contributed by atoms with Crippen molar-refractivity contribution in [1.29, 1.82) is 0 Å². The number of nitrogens with zero attached hydrogens (tertiary/aromatic N) is 3. The summed E-state index contributed by atoms with van der Waals surface area (Å²) in [5.74, 6) is 0.793. The molecule has 33 heavy (non-hydrogen) atoms. The topological polar surface area (TPSA) is 90.0 Å². The van der Waals surface area contributed by atoms with Crippen molar-refractivity contribution in [3.63, 3.8) is 0 Å². The van der Waals surface area contributed by atoms with Gasteiger partial charge in [-0.25, -0.2) is 8.42 Å². The van der Waals surface area contributed by atoms with Crippen LogP contribution in [-0.4, -0.2) is 98.3 Å². The Morgan fingerprint density at radius 3 is 2.33 bits per heavy atom. The van der Waals surface area contributed by atoms with Crippen molar-refractivity contribution < 1.29 is 18.0 Å². The van der Waals surface area contributed by atoms with Crippen LogP contribution in [0.1, 0.15) is 31.7 Å². The molecule has 0 aromatic heterocycles. The highest BCUT2D eigenvalue weighted by atomic mass is 32.2. The smallest absolute Gasteiger partial charge is 0.238 e. The number of anilines is 1. The lowest BCUT2D eigenvalue weighted by Crippen LogP contribution is -2.53. The lowest BCUT2D eigenvalue weighted by atomic mass is 9.94. The maximum atomic E-state index is 13.0. The SMILES string of the molecule is CCc1ccccc1NC(=O)CN1CCN(C(=O)C2CCN([C@H]3CCS(=O)(=O)C3)CC2)CC1. The predicted molar refractivity (Wildman–Crippen MR) is 129 cm³/mol. The molecule has 1 atom stereocenters. The van der Waals surface area contributed by atoms with Crippen LogP contribution >= 0.6 is 0 Å². The zero-order chi connectivity index (χ0) is 23.4. The Morgan fingerprint density at radius 1 is 1.00 bits per heavy atom. The van der Waals surface area contributed by atoms with E-state index in [0.717, 1.165) is 50.0 Å². The van der Waals surface area contributed by atoms with Gasteiger partial charge in [-0.05, 0) is 50.4 Å².